The molecule has 0 unspecified atom stereocenters. The van der Waals surface area contributed by atoms with Crippen LogP contribution in [0.15, 0.2) is 42.9 Å². The first-order chi connectivity index (χ1) is 17.2. The molecule has 0 bridgehead atoms. The fourth-order valence-electron chi connectivity index (χ4n) is 3.75. The smallest absolute Gasteiger partial charge is 0.259 e. The SMILES string of the molecule is Cc1ccnc(Cn2c(-c3ccc(OCC(=O)N(C)C)cc3Cl)nc3c(OC4(C)CC4)ncnc32)c1. The summed E-state index contributed by atoms with van der Waals surface area (Å²) < 4.78 is 13.8. The topological polar surface area (TPSA) is 95.3 Å². The minimum atomic E-state index is -0.218. The first kappa shape index (κ1) is 24.0. The Hall–Kier alpha value is -3.72. The lowest BCUT2D eigenvalue weighted by atomic mass is 10.2. The highest BCUT2D eigenvalue weighted by atomic mass is 35.5. The molecule has 5 rings (SSSR count). The average molecular weight is 507 g/mol. The molecule has 0 aliphatic heterocycles. The summed E-state index contributed by atoms with van der Waals surface area (Å²) in [5.74, 6) is 1.42. The van der Waals surface area contributed by atoms with Gasteiger partial charge in [-0.2, -0.15) is 4.98 Å². The maximum atomic E-state index is 11.9. The maximum absolute atomic E-state index is 11.9. The van der Waals surface area contributed by atoms with Crippen LogP contribution in [0.1, 0.15) is 31.0 Å². The van der Waals surface area contributed by atoms with Crippen molar-refractivity contribution in [2.45, 2.75) is 38.8 Å². The highest BCUT2D eigenvalue weighted by Gasteiger charge is 2.41. The Morgan fingerprint density at radius 1 is 1.17 bits per heavy atom. The van der Waals surface area contributed by atoms with Crippen molar-refractivity contribution < 1.29 is 14.3 Å². The molecule has 0 atom stereocenters. The van der Waals surface area contributed by atoms with E-state index < -0.39 is 0 Å². The van der Waals surface area contributed by atoms with E-state index in [2.05, 4.69) is 21.9 Å². The zero-order valence-corrected chi connectivity index (χ0v) is 21.4. The third kappa shape index (κ3) is 4.97. The first-order valence-corrected chi connectivity index (χ1v) is 12.0. The maximum Gasteiger partial charge on any atom is 0.259 e. The molecule has 10 heteroatoms. The second-order valence-corrected chi connectivity index (χ2v) is 9.87. The normalized spacial score (nSPS) is 14.0. The van der Waals surface area contributed by atoms with Crippen molar-refractivity contribution in [2.75, 3.05) is 20.7 Å². The molecular weight excluding hydrogens is 480 g/mol. The summed E-state index contributed by atoms with van der Waals surface area (Å²) in [6, 6.07) is 9.27. The van der Waals surface area contributed by atoms with Crippen LogP contribution in [0.5, 0.6) is 11.6 Å². The molecule has 3 heterocycles. The van der Waals surface area contributed by atoms with E-state index in [0.29, 0.717) is 45.7 Å². The van der Waals surface area contributed by atoms with E-state index in [1.807, 2.05) is 29.7 Å². The highest BCUT2D eigenvalue weighted by molar-refractivity contribution is 6.33. The number of carbonyl (C=O) groups is 1. The summed E-state index contributed by atoms with van der Waals surface area (Å²) in [5, 5.41) is 0.433. The quantitative estimate of drug-likeness (QED) is 0.351. The molecule has 1 aromatic carbocycles. The van der Waals surface area contributed by atoms with E-state index in [1.165, 1.54) is 11.2 Å². The number of aromatic nitrogens is 5. The van der Waals surface area contributed by atoms with Crippen LogP contribution in [0.2, 0.25) is 5.02 Å². The van der Waals surface area contributed by atoms with Crippen LogP contribution < -0.4 is 9.47 Å². The number of nitrogens with zero attached hydrogens (tertiary/aromatic N) is 6. The van der Waals surface area contributed by atoms with Crippen LogP contribution in [-0.4, -0.2) is 61.6 Å². The molecule has 1 amide bonds. The van der Waals surface area contributed by atoms with Crippen molar-refractivity contribution in [1.29, 1.82) is 0 Å². The van der Waals surface area contributed by atoms with E-state index in [-0.39, 0.29) is 18.1 Å². The van der Waals surface area contributed by atoms with Gasteiger partial charge < -0.3 is 18.9 Å². The number of halogens is 1. The van der Waals surface area contributed by atoms with Gasteiger partial charge >= 0.3 is 0 Å². The van der Waals surface area contributed by atoms with Crippen molar-refractivity contribution in [2.24, 2.45) is 0 Å². The van der Waals surface area contributed by atoms with Gasteiger partial charge in [-0.25, -0.2) is 9.97 Å². The third-order valence-electron chi connectivity index (χ3n) is 6.13. The highest BCUT2D eigenvalue weighted by Crippen LogP contribution is 2.41. The summed E-state index contributed by atoms with van der Waals surface area (Å²) >= 11 is 6.71. The van der Waals surface area contributed by atoms with E-state index in [9.17, 15) is 4.79 Å². The molecule has 0 radical (unpaired) electrons. The second-order valence-electron chi connectivity index (χ2n) is 9.47. The Bertz CT molecular complexity index is 1450. The number of carbonyl (C=O) groups excluding carboxylic acids is 1. The van der Waals surface area contributed by atoms with Crippen LogP contribution >= 0.6 is 11.6 Å². The number of amides is 1. The van der Waals surface area contributed by atoms with Gasteiger partial charge in [0.1, 0.15) is 23.5 Å². The molecule has 4 aromatic rings. The van der Waals surface area contributed by atoms with Gasteiger partial charge in [-0.3, -0.25) is 9.78 Å². The van der Waals surface area contributed by atoms with Crippen molar-refractivity contribution in [1.82, 2.24) is 29.4 Å². The standard InChI is InChI=1S/C26H27ClN6O3/c1-16-7-10-28-17(11-16)13-33-23(19-6-5-18(12-20(19)27)35-14-21(34)32(3)4)31-22-24(33)29-15-30-25(22)36-26(2)8-9-26/h5-7,10-12,15H,8-9,13-14H2,1-4H3. The molecule has 1 saturated carbocycles. The summed E-state index contributed by atoms with van der Waals surface area (Å²) in [5.41, 5.74) is 3.65. The Labute approximate surface area is 214 Å². The van der Waals surface area contributed by atoms with E-state index in [1.54, 1.807) is 32.4 Å². The Balaban J connectivity index is 1.57. The van der Waals surface area contributed by atoms with Gasteiger partial charge in [-0.05, 0) is 62.6 Å². The molecule has 9 nitrogen and oxygen atoms in total. The van der Waals surface area contributed by atoms with Gasteiger partial charge in [0, 0.05) is 25.9 Å². The third-order valence-corrected chi connectivity index (χ3v) is 6.44. The second kappa shape index (κ2) is 9.39. The van der Waals surface area contributed by atoms with Crippen molar-refractivity contribution >= 4 is 28.7 Å². The van der Waals surface area contributed by atoms with Crippen molar-refractivity contribution in [3.8, 4) is 23.0 Å². The molecule has 0 spiro atoms. The number of pyridine rings is 1. The largest absolute Gasteiger partial charge is 0.484 e. The zero-order valence-electron chi connectivity index (χ0n) is 20.7. The molecule has 1 aliphatic carbocycles. The number of hydrogen-bond acceptors (Lipinski definition) is 7. The molecule has 186 valence electrons. The molecular formula is C26H27ClN6O3. The molecule has 36 heavy (non-hydrogen) atoms. The average Bonchev–Trinajstić information content (AvgIpc) is 3.46. The number of rotatable bonds is 8. The molecule has 0 saturated heterocycles. The van der Waals surface area contributed by atoms with Gasteiger partial charge in [0.25, 0.3) is 5.91 Å². The number of aryl methyl sites for hydroxylation is 1. The predicted octanol–water partition coefficient (Wildman–Crippen LogP) is 4.30. The molecule has 0 N–H and O–H groups in total. The number of hydrogen-bond donors (Lipinski definition) is 0. The van der Waals surface area contributed by atoms with E-state index in [4.69, 9.17) is 26.1 Å². The lowest BCUT2D eigenvalue weighted by molar-refractivity contribution is -0.130. The van der Waals surface area contributed by atoms with E-state index in [0.717, 1.165) is 24.1 Å². The van der Waals surface area contributed by atoms with Crippen LogP contribution in [0, 0.1) is 6.92 Å². The van der Waals surface area contributed by atoms with Crippen molar-refractivity contribution in [3.63, 3.8) is 0 Å². The van der Waals surface area contributed by atoms with Crippen LogP contribution in [0.4, 0.5) is 0 Å². The van der Waals surface area contributed by atoms with Gasteiger partial charge in [0.15, 0.2) is 17.8 Å². The first-order valence-electron chi connectivity index (χ1n) is 11.7. The number of benzene rings is 1. The minimum Gasteiger partial charge on any atom is -0.484 e. The molecule has 3 aromatic heterocycles. The minimum absolute atomic E-state index is 0.0741. The molecule has 1 aliphatic rings. The van der Waals surface area contributed by atoms with Crippen LogP contribution in [0.3, 0.4) is 0 Å². The Kier molecular flexibility index (Phi) is 6.26. The Morgan fingerprint density at radius 3 is 2.67 bits per heavy atom. The number of fused-ring (bicyclic) bond motifs is 1. The van der Waals surface area contributed by atoms with Gasteiger partial charge in [-0.1, -0.05) is 11.6 Å². The number of likely N-dealkylation sites (N-methyl/N-ethyl adjacent to an activating group) is 1. The van der Waals surface area contributed by atoms with Crippen LogP contribution in [-0.2, 0) is 11.3 Å². The van der Waals surface area contributed by atoms with Gasteiger partial charge in [-0.15, -0.1) is 0 Å². The summed E-state index contributed by atoms with van der Waals surface area (Å²) in [7, 11) is 3.36. The van der Waals surface area contributed by atoms with E-state index >= 15 is 0 Å². The number of imidazole rings is 1. The summed E-state index contributed by atoms with van der Waals surface area (Å²) in [6.07, 6.45) is 5.23. The lowest BCUT2D eigenvalue weighted by Gasteiger charge is -2.13. The lowest BCUT2D eigenvalue weighted by Crippen LogP contribution is -2.27. The monoisotopic (exact) mass is 506 g/mol. The van der Waals surface area contributed by atoms with Crippen molar-refractivity contribution in [3.05, 3.63) is 59.1 Å². The van der Waals surface area contributed by atoms with Gasteiger partial charge in [0.05, 0.1) is 17.3 Å². The summed E-state index contributed by atoms with van der Waals surface area (Å²) in [6.45, 7) is 4.45. The fraction of sp³-hybridized carbons (Fsp3) is 0.346. The predicted molar refractivity (Wildman–Crippen MR) is 136 cm³/mol. The fourth-order valence-corrected chi connectivity index (χ4v) is 4.00. The number of ether oxygens (including phenoxy) is 2. The van der Waals surface area contributed by atoms with Gasteiger partial charge in [0.2, 0.25) is 5.88 Å². The zero-order chi connectivity index (χ0) is 25.4. The Morgan fingerprint density at radius 2 is 1.97 bits per heavy atom. The van der Waals surface area contributed by atoms with Crippen LogP contribution in [0.25, 0.3) is 22.6 Å². The molecule has 1 fully saturated rings. The summed E-state index contributed by atoms with van der Waals surface area (Å²) in [4.78, 5) is 31.7.